The topological polar surface area (TPSA) is 0 Å². The second-order valence-corrected chi connectivity index (χ2v) is 3.49. The van der Waals surface area contributed by atoms with E-state index in [0.717, 1.165) is 0 Å². The molecule has 1 aliphatic carbocycles. The number of halogens is 1. The molecule has 0 saturated heterocycles. The summed E-state index contributed by atoms with van der Waals surface area (Å²) in [5.41, 5.74) is 0.557. The highest BCUT2D eigenvalue weighted by molar-refractivity contribution is 6.21. The molecular formula is C7H13Cl. The zero-order valence-corrected chi connectivity index (χ0v) is 6.33. The first-order valence-corrected chi connectivity index (χ1v) is 3.79. The molecule has 1 aliphatic rings. The lowest BCUT2D eigenvalue weighted by atomic mass is 10.0. The van der Waals surface area contributed by atoms with Gasteiger partial charge in [-0.2, -0.15) is 0 Å². The highest BCUT2D eigenvalue weighted by Crippen LogP contribution is 2.53. The second-order valence-electron chi connectivity index (χ2n) is 2.83. The van der Waals surface area contributed by atoms with Gasteiger partial charge in [0.2, 0.25) is 0 Å². The fourth-order valence-electron chi connectivity index (χ4n) is 1.19. The summed E-state index contributed by atoms with van der Waals surface area (Å²) in [5.74, 6) is 0. The Hall–Kier alpha value is 0.290. The fourth-order valence-corrected chi connectivity index (χ4v) is 1.57. The van der Waals surface area contributed by atoms with Gasteiger partial charge in [-0.15, -0.1) is 11.6 Å². The van der Waals surface area contributed by atoms with Crippen LogP contribution in [-0.2, 0) is 0 Å². The molecule has 8 heavy (non-hydrogen) atoms. The molecule has 0 nitrogen and oxygen atoms in total. The van der Waals surface area contributed by atoms with E-state index in [1.165, 1.54) is 19.3 Å². The molecular weight excluding hydrogens is 120 g/mol. The predicted molar refractivity (Wildman–Crippen MR) is 37.3 cm³/mol. The molecule has 0 aromatic heterocycles. The summed E-state index contributed by atoms with van der Waals surface area (Å²) in [6.45, 7) is 4.34. The largest absolute Gasteiger partial charge is 0.123 e. The van der Waals surface area contributed by atoms with E-state index >= 15 is 0 Å². The summed E-state index contributed by atoms with van der Waals surface area (Å²) < 4.78 is 0. The van der Waals surface area contributed by atoms with E-state index in [1.54, 1.807) is 0 Å². The van der Waals surface area contributed by atoms with E-state index in [-0.39, 0.29) is 0 Å². The van der Waals surface area contributed by atoms with Crippen molar-refractivity contribution in [2.75, 3.05) is 0 Å². The van der Waals surface area contributed by atoms with E-state index in [4.69, 9.17) is 11.6 Å². The Morgan fingerprint density at radius 1 is 1.62 bits per heavy atom. The summed E-state index contributed by atoms with van der Waals surface area (Å²) in [7, 11) is 0. The average molecular weight is 133 g/mol. The van der Waals surface area contributed by atoms with Gasteiger partial charge in [-0.1, -0.05) is 6.92 Å². The zero-order chi connectivity index (χ0) is 6.20. The lowest BCUT2D eigenvalue weighted by Gasteiger charge is -2.13. The minimum atomic E-state index is 0.396. The van der Waals surface area contributed by atoms with Gasteiger partial charge in [-0.05, 0) is 31.6 Å². The van der Waals surface area contributed by atoms with Crippen molar-refractivity contribution >= 4 is 11.6 Å². The van der Waals surface area contributed by atoms with Gasteiger partial charge in [0.25, 0.3) is 0 Å². The van der Waals surface area contributed by atoms with Crippen LogP contribution in [0.3, 0.4) is 0 Å². The molecule has 0 heterocycles. The number of hydrogen-bond acceptors (Lipinski definition) is 0. The molecule has 0 spiro atoms. The Kier molecular flexibility index (Phi) is 1.53. The Morgan fingerprint density at radius 2 is 2.12 bits per heavy atom. The molecule has 1 rings (SSSR count). The Balaban J connectivity index is 2.41. The first-order valence-electron chi connectivity index (χ1n) is 3.35. The monoisotopic (exact) mass is 132 g/mol. The molecule has 0 aromatic rings. The van der Waals surface area contributed by atoms with Gasteiger partial charge < -0.3 is 0 Å². The molecule has 0 amide bonds. The maximum Gasteiger partial charge on any atom is 0.0364 e. The van der Waals surface area contributed by atoms with Gasteiger partial charge in [-0.3, -0.25) is 0 Å². The van der Waals surface area contributed by atoms with Crippen molar-refractivity contribution in [1.82, 2.24) is 0 Å². The lowest BCUT2D eigenvalue weighted by Crippen LogP contribution is -2.09. The maximum absolute atomic E-state index is 5.93. The van der Waals surface area contributed by atoms with Crippen LogP contribution in [0.5, 0.6) is 0 Å². The minimum Gasteiger partial charge on any atom is -0.123 e. The first kappa shape index (κ1) is 6.41. The van der Waals surface area contributed by atoms with Crippen LogP contribution in [0.4, 0.5) is 0 Å². The van der Waals surface area contributed by atoms with Crippen LogP contribution < -0.4 is 0 Å². The van der Waals surface area contributed by atoms with Crippen molar-refractivity contribution in [3.63, 3.8) is 0 Å². The van der Waals surface area contributed by atoms with E-state index in [2.05, 4.69) is 13.8 Å². The quantitative estimate of drug-likeness (QED) is 0.507. The predicted octanol–water partition coefficient (Wildman–Crippen LogP) is 2.80. The Labute approximate surface area is 56.2 Å². The minimum absolute atomic E-state index is 0.396. The SMILES string of the molecule is CCC1(C(C)Cl)CC1. The first-order chi connectivity index (χ1) is 3.71. The van der Waals surface area contributed by atoms with Gasteiger partial charge in [0.15, 0.2) is 0 Å². The van der Waals surface area contributed by atoms with Crippen molar-refractivity contribution < 1.29 is 0 Å². The van der Waals surface area contributed by atoms with Crippen LogP contribution in [0.25, 0.3) is 0 Å². The normalized spacial score (nSPS) is 27.4. The summed E-state index contributed by atoms with van der Waals surface area (Å²) in [6, 6.07) is 0. The van der Waals surface area contributed by atoms with Crippen LogP contribution >= 0.6 is 11.6 Å². The number of rotatable bonds is 2. The second kappa shape index (κ2) is 1.91. The maximum atomic E-state index is 5.93. The molecule has 0 aromatic carbocycles. The van der Waals surface area contributed by atoms with E-state index in [0.29, 0.717) is 10.8 Å². The van der Waals surface area contributed by atoms with Crippen molar-refractivity contribution in [3.8, 4) is 0 Å². The van der Waals surface area contributed by atoms with Gasteiger partial charge >= 0.3 is 0 Å². The summed E-state index contributed by atoms with van der Waals surface area (Å²) in [5, 5.41) is 0.396. The molecule has 48 valence electrons. The number of alkyl halides is 1. The third kappa shape index (κ3) is 0.862. The van der Waals surface area contributed by atoms with Crippen LogP contribution in [0.2, 0.25) is 0 Å². The summed E-state index contributed by atoms with van der Waals surface area (Å²) in [4.78, 5) is 0. The highest BCUT2D eigenvalue weighted by Gasteiger charge is 2.44. The van der Waals surface area contributed by atoms with Crippen molar-refractivity contribution in [2.24, 2.45) is 5.41 Å². The van der Waals surface area contributed by atoms with Crippen molar-refractivity contribution in [2.45, 2.75) is 38.5 Å². The van der Waals surface area contributed by atoms with Gasteiger partial charge in [0.1, 0.15) is 0 Å². The smallest absolute Gasteiger partial charge is 0.0364 e. The summed E-state index contributed by atoms with van der Waals surface area (Å²) in [6.07, 6.45) is 3.97. The molecule has 1 atom stereocenters. The molecule has 0 aliphatic heterocycles. The molecule has 0 radical (unpaired) electrons. The van der Waals surface area contributed by atoms with Crippen LogP contribution in [-0.4, -0.2) is 5.38 Å². The average Bonchev–Trinajstić information content (AvgIpc) is 2.44. The molecule has 0 N–H and O–H groups in total. The van der Waals surface area contributed by atoms with E-state index < -0.39 is 0 Å². The summed E-state index contributed by atoms with van der Waals surface area (Å²) >= 11 is 5.93. The van der Waals surface area contributed by atoms with Crippen LogP contribution in [0, 0.1) is 5.41 Å². The van der Waals surface area contributed by atoms with Gasteiger partial charge in [0, 0.05) is 5.38 Å². The Bertz CT molecular complexity index is 82.4. The fraction of sp³-hybridized carbons (Fsp3) is 1.00. The van der Waals surface area contributed by atoms with Crippen LogP contribution in [0.15, 0.2) is 0 Å². The van der Waals surface area contributed by atoms with Crippen molar-refractivity contribution in [3.05, 3.63) is 0 Å². The standard InChI is InChI=1S/C7H13Cl/c1-3-7(4-5-7)6(2)8/h6H,3-5H2,1-2H3. The molecule has 1 heteroatoms. The molecule has 1 saturated carbocycles. The molecule has 1 fully saturated rings. The van der Waals surface area contributed by atoms with Gasteiger partial charge in [-0.25, -0.2) is 0 Å². The van der Waals surface area contributed by atoms with Crippen molar-refractivity contribution in [1.29, 1.82) is 0 Å². The molecule has 0 bridgehead atoms. The van der Waals surface area contributed by atoms with Crippen LogP contribution in [0.1, 0.15) is 33.1 Å². The third-order valence-corrected chi connectivity index (χ3v) is 2.90. The van der Waals surface area contributed by atoms with E-state index in [1.807, 2.05) is 0 Å². The molecule has 1 unspecified atom stereocenters. The highest BCUT2D eigenvalue weighted by atomic mass is 35.5. The lowest BCUT2D eigenvalue weighted by molar-refractivity contribution is 0.481. The number of hydrogen-bond donors (Lipinski definition) is 0. The third-order valence-electron chi connectivity index (χ3n) is 2.44. The Morgan fingerprint density at radius 3 is 2.12 bits per heavy atom. The zero-order valence-electron chi connectivity index (χ0n) is 5.58. The van der Waals surface area contributed by atoms with Gasteiger partial charge in [0.05, 0.1) is 0 Å². The van der Waals surface area contributed by atoms with E-state index in [9.17, 15) is 0 Å².